The fourth-order valence-electron chi connectivity index (χ4n) is 1.78. The number of anilines is 2. The van der Waals surface area contributed by atoms with Crippen LogP contribution in [0, 0.1) is 0 Å². The van der Waals surface area contributed by atoms with Gasteiger partial charge in [-0.15, -0.1) is 0 Å². The minimum absolute atomic E-state index is 0.0109. The lowest BCUT2D eigenvalue weighted by Crippen LogP contribution is -2.12. The van der Waals surface area contributed by atoms with E-state index < -0.39 is 11.7 Å². The lowest BCUT2D eigenvalue weighted by atomic mass is 10.1. The molecule has 0 heterocycles. The second kappa shape index (κ2) is 6.03. The highest BCUT2D eigenvalue weighted by atomic mass is 79.9. The Bertz CT molecular complexity index is 686. The molecule has 0 radical (unpaired) electrons. The van der Waals surface area contributed by atoms with Crippen LogP contribution >= 0.6 is 28.1 Å². The number of hydrogen-bond acceptors (Lipinski definition) is 2. The number of rotatable bonds is 3. The Balaban J connectivity index is 2.40. The van der Waals surface area contributed by atoms with Gasteiger partial charge in [-0.3, -0.25) is 0 Å². The maximum absolute atomic E-state index is 12.9. The number of hydrogen-bond donors (Lipinski definition) is 2. The maximum atomic E-state index is 12.9. The van der Waals surface area contributed by atoms with Crippen molar-refractivity contribution in [3.8, 4) is 0 Å². The summed E-state index contributed by atoms with van der Waals surface area (Å²) in [7, 11) is 0. The molecule has 0 saturated heterocycles. The van der Waals surface area contributed by atoms with E-state index in [9.17, 15) is 13.2 Å². The van der Waals surface area contributed by atoms with Gasteiger partial charge in [-0.25, -0.2) is 0 Å². The largest absolute Gasteiger partial charge is 0.417 e. The topological polar surface area (TPSA) is 38.0 Å². The molecule has 0 fully saturated rings. The molecule has 21 heavy (non-hydrogen) atoms. The summed E-state index contributed by atoms with van der Waals surface area (Å²) in [6.45, 7) is 0. The Morgan fingerprint density at radius 2 is 1.81 bits per heavy atom. The number of nitrogens with two attached hydrogens (primary N) is 1. The molecule has 2 aromatic carbocycles. The van der Waals surface area contributed by atoms with Crippen molar-refractivity contribution in [2.45, 2.75) is 6.18 Å². The van der Waals surface area contributed by atoms with Gasteiger partial charge in [-0.1, -0.05) is 40.3 Å². The highest BCUT2D eigenvalue weighted by Gasteiger charge is 2.33. The third kappa shape index (κ3) is 3.74. The number of halogens is 4. The average molecular weight is 375 g/mol. The number of para-hydroxylation sites is 1. The first-order valence-electron chi connectivity index (χ1n) is 5.81. The molecule has 0 saturated carbocycles. The maximum Gasteiger partial charge on any atom is 0.417 e. The first-order chi connectivity index (χ1) is 9.79. The van der Waals surface area contributed by atoms with Crippen molar-refractivity contribution < 1.29 is 13.2 Å². The van der Waals surface area contributed by atoms with Crippen molar-refractivity contribution in [3.63, 3.8) is 0 Å². The van der Waals surface area contributed by atoms with Gasteiger partial charge in [-0.05, 0) is 30.3 Å². The lowest BCUT2D eigenvalue weighted by Gasteiger charge is -2.14. The van der Waals surface area contributed by atoms with Crippen LogP contribution in [0.4, 0.5) is 24.5 Å². The minimum atomic E-state index is -4.43. The number of nitrogens with one attached hydrogen (secondary N) is 1. The standard InChI is InChI=1S/C14H10BrF3N2S/c15-11-6-5-8(7-10(11)14(16,17)18)20-12-4-2-1-3-9(12)13(19)21/h1-7,20H,(H2,19,21). The van der Waals surface area contributed by atoms with Crippen LogP contribution in [0.1, 0.15) is 11.1 Å². The summed E-state index contributed by atoms with van der Waals surface area (Å²) in [6.07, 6.45) is -4.43. The molecular weight excluding hydrogens is 365 g/mol. The Morgan fingerprint density at radius 1 is 1.14 bits per heavy atom. The summed E-state index contributed by atoms with van der Waals surface area (Å²) in [5.74, 6) is 0. The Morgan fingerprint density at radius 3 is 2.43 bits per heavy atom. The number of benzene rings is 2. The van der Waals surface area contributed by atoms with Gasteiger partial charge in [0.1, 0.15) is 4.99 Å². The predicted molar refractivity (Wildman–Crippen MR) is 84.8 cm³/mol. The molecule has 0 amide bonds. The van der Waals surface area contributed by atoms with Crippen LogP contribution in [-0.4, -0.2) is 4.99 Å². The SMILES string of the molecule is NC(=S)c1ccccc1Nc1ccc(Br)c(C(F)(F)F)c1. The Kier molecular flexibility index (Phi) is 4.53. The lowest BCUT2D eigenvalue weighted by molar-refractivity contribution is -0.138. The minimum Gasteiger partial charge on any atom is -0.389 e. The Labute approximate surface area is 133 Å². The smallest absolute Gasteiger partial charge is 0.389 e. The molecule has 7 heteroatoms. The second-order valence-electron chi connectivity index (χ2n) is 4.23. The second-order valence-corrected chi connectivity index (χ2v) is 5.52. The van der Waals surface area contributed by atoms with Crippen molar-refractivity contribution in [2.75, 3.05) is 5.32 Å². The molecule has 0 aliphatic carbocycles. The zero-order valence-corrected chi connectivity index (χ0v) is 12.9. The van der Waals surface area contributed by atoms with E-state index in [1.54, 1.807) is 24.3 Å². The molecule has 2 rings (SSSR count). The number of alkyl halides is 3. The monoisotopic (exact) mass is 374 g/mol. The van der Waals surface area contributed by atoms with Crippen molar-refractivity contribution in [2.24, 2.45) is 5.73 Å². The third-order valence-electron chi connectivity index (χ3n) is 2.74. The molecule has 0 aliphatic heterocycles. The van der Waals surface area contributed by atoms with Crippen LogP contribution in [0.3, 0.4) is 0 Å². The van der Waals surface area contributed by atoms with Crippen LogP contribution in [0.15, 0.2) is 46.9 Å². The van der Waals surface area contributed by atoms with Crippen LogP contribution in [0.25, 0.3) is 0 Å². The molecule has 0 spiro atoms. The normalized spacial score (nSPS) is 11.2. The van der Waals surface area contributed by atoms with Crippen LogP contribution in [0.5, 0.6) is 0 Å². The van der Waals surface area contributed by atoms with Gasteiger partial charge in [0.05, 0.1) is 5.56 Å². The van der Waals surface area contributed by atoms with Gasteiger partial charge in [0, 0.05) is 21.4 Å². The first kappa shape index (κ1) is 15.8. The van der Waals surface area contributed by atoms with Crippen molar-refractivity contribution in [1.29, 1.82) is 0 Å². The number of thiocarbonyl (C=S) groups is 1. The summed E-state index contributed by atoms with van der Waals surface area (Å²) in [5.41, 5.74) is 6.28. The van der Waals surface area contributed by atoms with Gasteiger partial charge in [0.2, 0.25) is 0 Å². The van der Waals surface area contributed by atoms with E-state index in [-0.39, 0.29) is 9.46 Å². The molecule has 0 aliphatic rings. The first-order valence-corrected chi connectivity index (χ1v) is 7.02. The van der Waals surface area contributed by atoms with Crippen molar-refractivity contribution in [3.05, 3.63) is 58.1 Å². The highest BCUT2D eigenvalue weighted by Crippen LogP contribution is 2.37. The van der Waals surface area contributed by atoms with E-state index in [2.05, 4.69) is 21.2 Å². The molecule has 110 valence electrons. The van der Waals surface area contributed by atoms with Gasteiger partial charge in [0.25, 0.3) is 0 Å². The van der Waals surface area contributed by atoms with E-state index in [1.807, 2.05) is 0 Å². The molecule has 0 aromatic heterocycles. The molecular formula is C14H10BrF3N2S. The fourth-order valence-corrected chi connectivity index (χ4v) is 2.43. The molecule has 0 unspecified atom stereocenters. The summed E-state index contributed by atoms with van der Waals surface area (Å²) < 4.78 is 38.6. The average Bonchev–Trinajstić information content (AvgIpc) is 2.40. The van der Waals surface area contributed by atoms with E-state index in [0.717, 1.165) is 6.07 Å². The fraction of sp³-hybridized carbons (Fsp3) is 0.0714. The summed E-state index contributed by atoms with van der Waals surface area (Å²) in [5, 5.41) is 2.91. The predicted octanol–water partition coefficient (Wildman–Crippen LogP) is 4.85. The van der Waals surface area contributed by atoms with Crippen LogP contribution in [-0.2, 0) is 6.18 Å². The Hall–Kier alpha value is -1.60. The summed E-state index contributed by atoms with van der Waals surface area (Å²) in [6, 6.07) is 10.8. The molecule has 2 aromatic rings. The van der Waals surface area contributed by atoms with Gasteiger partial charge >= 0.3 is 6.18 Å². The third-order valence-corrected chi connectivity index (χ3v) is 3.65. The summed E-state index contributed by atoms with van der Waals surface area (Å²) in [4.78, 5) is 0.172. The van der Waals surface area contributed by atoms with Crippen molar-refractivity contribution >= 4 is 44.5 Å². The zero-order chi connectivity index (χ0) is 15.6. The zero-order valence-electron chi connectivity index (χ0n) is 10.5. The van der Waals surface area contributed by atoms with E-state index >= 15 is 0 Å². The highest BCUT2D eigenvalue weighted by molar-refractivity contribution is 9.10. The van der Waals surface area contributed by atoms with E-state index in [4.69, 9.17) is 18.0 Å². The van der Waals surface area contributed by atoms with Crippen LogP contribution in [0.2, 0.25) is 0 Å². The van der Waals surface area contributed by atoms with Crippen molar-refractivity contribution in [1.82, 2.24) is 0 Å². The quantitative estimate of drug-likeness (QED) is 0.754. The van der Waals surface area contributed by atoms with E-state index in [0.29, 0.717) is 16.9 Å². The molecule has 0 bridgehead atoms. The van der Waals surface area contributed by atoms with Gasteiger partial charge in [0.15, 0.2) is 0 Å². The van der Waals surface area contributed by atoms with Gasteiger partial charge in [-0.2, -0.15) is 13.2 Å². The molecule has 3 N–H and O–H groups in total. The van der Waals surface area contributed by atoms with Gasteiger partial charge < -0.3 is 11.1 Å². The van der Waals surface area contributed by atoms with Crippen LogP contribution < -0.4 is 11.1 Å². The molecule has 2 nitrogen and oxygen atoms in total. The van der Waals surface area contributed by atoms with E-state index in [1.165, 1.54) is 12.1 Å². The molecule has 0 atom stereocenters. The summed E-state index contributed by atoms with van der Waals surface area (Å²) >= 11 is 7.82.